The predicted molar refractivity (Wildman–Crippen MR) is 99.8 cm³/mol. The van der Waals surface area contributed by atoms with E-state index in [1.165, 1.54) is 6.42 Å². The van der Waals surface area contributed by atoms with Crippen molar-refractivity contribution in [1.82, 2.24) is 24.7 Å². The summed E-state index contributed by atoms with van der Waals surface area (Å²) in [5.74, 6) is 1.66. The Morgan fingerprint density at radius 2 is 2.24 bits per heavy atom. The fourth-order valence-corrected chi connectivity index (χ4v) is 3.83. The second-order valence-corrected chi connectivity index (χ2v) is 7.22. The highest BCUT2D eigenvalue weighted by Gasteiger charge is 2.29. The number of likely N-dealkylation sites (tertiary alicyclic amines) is 1. The Morgan fingerprint density at radius 1 is 1.36 bits per heavy atom. The van der Waals surface area contributed by atoms with Gasteiger partial charge >= 0.3 is 0 Å². The highest BCUT2D eigenvalue weighted by molar-refractivity contribution is 5.80. The highest BCUT2D eigenvalue weighted by atomic mass is 16.5. The van der Waals surface area contributed by atoms with Crippen molar-refractivity contribution in [2.24, 2.45) is 10.9 Å². The van der Waals surface area contributed by atoms with Gasteiger partial charge in [-0.05, 0) is 19.3 Å². The van der Waals surface area contributed by atoms with E-state index in [4.69, 9.17) is 4.74 Å². The highest BCUT2D eigenvalue weighted by Crippen LogP contribution is 2.27. The van der Waals surface area contributed by atoms with Crippen molar-refractivity contribution in [3.05, 3.63) is 18.7 Å². The molecule has 2 saturated heterocycles. The standard InChI is InChI=1S/C18H32N6O/c1-15-4-7-23(12-17(15)24-8-5-20-14-24)18(19-3)21-6-9-22-10-11-25-13-16(22)2/h5,8,14-17H,4,6-7,9-13H2,1-3H3,(H,19,21). The first kappa shape index (κ1) is 18.2. The van der Waals surface area contributed by atoms with Gasteiger partial charge in [-0.3, -0.25) is 9.89 Å². The Morgan fingerprint density at radius 3 is 2.96 bits per heavy atom. The number of nitrogens with zero attached hydrogens (tertiary/aromatic N) is 5. The van der Waals surface area contributed by atoms with Crippen molar-refractivity contribution in [2.45, 2.75) is 32.4 Å². The molecule has 3 rings (SSSR count). The molecule has 3 atom stereocenters. The third-order valence-electron chi connectivity index (χ3n) is 5.53. The van der Waals surface area contributed by atoms with Crippen LogP contribution in [0, 0.1) is 5.92 Å². The van der Waals surface area contributed by atoms with E-state index in [2.05, 4.69) is 49.7 Å². The van der Waals surface area contributed by atoms with Crippen molar-refractivity contribution < 1.29 is 4.74 Å². The average Bonchev–Trinajstić information content (AvgIpc) is 3.15. The molecule has 2 aliphatic rings. The minimum absolute atomic E-state index is 0.453. The molecule has 0 saturated carbocycles. The molecule has 3 heterocycles. The number of hydrogen-bond donors (Lipinski definition) is 1. The number of ether oxygens (including phenoxy) is 1. The Balaban J connectivity index is 1.52. The van der Waals surface area contributed by atoms with E-state index in [0.717, 1.165) is 51.9 Å². The maximum absolute atomic E-state index is 5.51. The average molecular weight is 348 g/mol. The quantitative estimate of drug-likeness (QED) is 0.651. The predicted octanol–water partition coefficient (Wildman–Crippen LogP) is 1.06. The van der Waals surface area contributed by atoms with Crippen LogP contribution in [0.4, 0.5) is 0 Å². The van der Waals surface area contributed by atoms with Gasteiger partial charge in [0.15, 0.2) is 5.96 Å². The topological polar surface area (TPSA) is 57.9 Å². The zero-order valence-electron chi connectivity index (χ0n) is 15.8. The lowest BCUT2D eigenvalue weighted by atomic mass is 9.93. The van der Waals surface area contributed by atoms with Crippen LogP contribution in [0.3, 0.4) is 0 Å². The number of morpholine rings is 1. The number of aromatic nitrogens is 2. The van der Waals surface area contributed by atoms with Gasteiger partial charge in [-0.25, -0.2) is 4.98 Å². The molecule has 1 N–H and O–H groups in total. The van der Waals surface area contributed by atoms with Gasteiger partial charge < -0.3 is 19.5 Å². The Labute approximate surface area is 151 Å². The molecule has 0 aliphatic carbocycles. The van der Waals surface area contributed by atoms with E-state index in [1.54, 1.807) is 0 Å². The normalized spacial score (nSPS) is 29.0. The summed E-state index contributed by atoms with van der Waals surface area (Å²) in [6.07, 6.45) is 7.04. The van der Waals surface area contributed by atoms with Crippen LogP contribution in [-0.2, 0) is 4.74 Å². The van der Waals surface area contributed by atoms with Crippen LogP contribution < -0.4 is 5.32 Å². The van der Waals surface area contributed by atoms with Crippen LogP contribution in [0.1, 0.15) is 26.3 Å². The molecule has 1 aromatic rings. The first-order chi connectivity index (χ1) is 12.2. The maximum atomic E-state index is 5.51. The summed E-state index contributed by atoms with van der Waals surface area (Å²) < 4.78 is 7.75. The van der Waals surface area contributed by atoms with Gasteiger partial charge in [0.05, 0.1) is 25.6 Å². The summed E-state index contributed by atoms with van der Waals surface area (Å²) >= 11 is 0. The van der Waals surface area contributed by atoms with Crippen molar-refractivity contribution in [3.8, 4) is 0 Å². The van der Waals surface area contributed by atoms with E-state index in [-0.39, 0.29) is 0 Å². The zero-order chi connectivity index (χ0) is 17.6. The molecule has 2 fully saturated rings. The van der Waals surface area contributed by atoms with Gasteiger partial charge in [0.25, 0.3) is 0 Å². The molecule has 3 unspecified atom stereocenters. The van der Waals surface area contributed by atoms with Gasteiger partial charge in [-0.2, -0.15) is 0 Å². The van der Waals surface area contributed by atoms with Crippen molar-refractivity contribution in [2.75, 3.05) is 53.0 Å². The molecule has 0 amide bonds. The summed E-state index contributed by atoms with van der Waals surface area (Å²) in [5, 5.41) is 3.56. The third-order valence-corrected chi connectivity index (χ3v) is 5.53. The SMILES string of the molecule is CN=C(NCCN1CCOCC1C)N1CCC(C)C(n2ccnc2)C1. The van der Waals surface area contributed by atoms with Crippen LogP contribution in [0.2, 0.25) is 0 Å². The lowest BCUT2D eigenvalue weighted by Gasteiger charge is -2.39. The van der Waals surface area contributed by atoms with Crippen molar-refractivity contribution in [3.63, 3.8) is 0 Å². The lowest BCUT2D eigenvalue weighted by molar-refractivity contribution is 0.000799. The van der Waals surface area contributed by atoms with Crippen molar-refractivity contribution >= 4 is 5.96 Å². The van der Waals surface area contributed by atoms with Gasteiger partial charge in [0, 0.05) is 58.2 Å². The number of hydrogen-bond acceptors (Lipinski definition) is 4. The van der Waals surface area contributed by atoms with Crippen LogP contribution in [0.25, 0.3) is 0 Å². The van der Waals surface area contributed by atoms with E-state index >= 15 is 0 Å². The molecule has 0 aromatic carbocycles. The van der Waals surface area contributed by atoms with Gasteiger partial charge in [-0.1, -0.05) is 6.92 Å². The minimum atomic E-state index is 0.453. The van der Waals surface area contributed by atoms with Gasteiger partial charge in [-0.15, -0.1) is 0 Å². The number of guanidine groups is 1. The molecule has 7 heteroatoms. The molecular formula is C18H32N6O. The van der Waals surface area contributed by atoms with Crippen LogP contribution >= 0.6 is 0 Å². The molecule has 0 radical (unpaired) electrons. The number of aliphatic imine (C=N–C) groups is 1. The molecule has 0 bridgehead atoms. The largest absolute Gasteiger partial charge is 0.379 e. The van der Waals surface area contributed by atoms with Crippen LogP contribution in [0.5, 0.6) is 0 Å². The molecule has 25 heavy (non-hydrogen) atoms. The number of nitrogens with one attached hydrogen (secondary N) is 1. The Kier molecular flexibility index (Phi) is 6.31. The number of piperidine rings is 1. The van der Waals surface area contributed by atoms with E-state index in [1.807, 2.05) is 19.6 Å². The van der Waals surface area contributed by atoms with Crippen LogP contribution in [-0.4, -0.2) is 84.3 Å². The van der Waals surface area contributed by atoms with E-state index in [0.29, 0.717) is 18.0 Å². The van der Waals surface area contributed by atoms with Gasteiger partial charge in [0.1, 0.15) is 0 Å². The second kappa shape index (κ2) is 8.67. The molecular weight excluding hydrogens is 316 g/mol. The molecule has 2 aliphatic heterocycles. The zero-order valence-corrected chi connectivity index (χ0v) is 15.8. The van der Waals surface area contributed by atoms with E-state index in [9.17, 15) is 0 Å². The molecule has 7 nitrogen and oxygen atoms in total. The summed E-state index contributed by atoms with van der Waals surface area (Å²) in [4.78, 5) is 13.6. The maximum Gasteiger partial charge on any atom is 0.193 e. The monoisotopic (exact) mass is 348 g/mol. The summed E-state index contributed by atoms with van der Waals surface area (Å²) in [5.41, 5.74) is 0. The summed E-state index contributed by atoms with van der Waals surface area (Å²) in [6, 6.07) is 0.952. The fraction of sp³-hybridized carbons (Fsp3) is 0.778. The van der Waals surface area contributed by atoms with E-state index < -0.39 is 0 Å². The second-order valence-electron chi connectivity index (χ2n) is 7.22. The number of rotatable bonds is 4. The van der Waals surface area contributed by atoms with Gasteiger partial charge in [0.2, 0.25) is 0 Å². The fourth-order valence-electron chi connectivity index (χ4n) is 3.83. The first-order valence-electron chi connectivity index (χ1n) is 9.44. The summed E-state index contributed by atoms with van der Waals surface area (Å²) in [7, 11) is 1.88. The first-order valence-corrected chi connectivity index (χ1v) is 9.44. The smallest absolute Gasteiger partial charge is 0.193 e. The lowest BCUT2D eigenvalue weighted by Crippen LogP contribution is -2.51. The number of imidazole rings is 1. The van der Waals surface area contributed by atoms with Crippen LogP contribution in [0.15, 0.2) is 23.7 Å². The Hall–Kier alpha value is -1.60. The molecule has 0 spiro atoms. The third kappa shape index (κ3) is 4.52. The minimum Gasteiger partial charge on any atom is -0.379 e. The summed E-state index contributed by atoms with van der Waals surface area (Å²) in [6.45, 7) is 11.2. The molecule has 140 valence electrons. The molecule has 1 aromatic heterocycles. The Bertz CT molecular complexity index is 546. The van der Waals surface area contributed by atoms with Crippen molar-refractivity contribution in [1.29, 1.82) is 0 Å².